The minimum absolute atomic E-state index is 0.0159. The Morgan fingerprint density at radius 1 is 1.11 bits per heavy atom. The van der Waals surface area contributed by atoms with Gasteiger partial charge in [0.2, 0.25) is 20.0 Å². The summed E-state index contributed by atoms with van der Waals surface area (Å²) < 4.78 is 48.8. The van der Waals surface area contributed by atoms with Crippen LogP contribution in [-0.4, -0.2) is 35.9 Å². The number of anilines is 2. The molecule has 1 aromatic rings. The van der Waals surface area contributed by atoms with Gasteiger partial charge in [0.1, 0.15) is 0 Å². The van der Waals surface area contributed by atoms with Gasteiger partial charge in [-0.2, -0.15) is 0 Å². The lowest BCUT2D eigenvalue weighted by Crippen LogP contribution is -2.24. The van der Waals surface area contributed by atoms with Gasteiger partial charge in [-0.25, -0.2) is 16.8 Å². The molecule has 0 aliphatic carbocycles. The van der Waals surface area contributed by atoms with Crippen LogP contribution in [0.15, 0.2) is 24.3 Å². The summed E-state index contributed by atoms with van der Waals surface area (Å²) in [6, 6.07) is 6.11. The lowest BCUT2D eigenvalue weighted by Gasteiger charge is -2.16. The molecule has 0 unspecified atom stereocenters. The first kappa shape index (κ1) is 14.8. The third-order valence-electron chi connectivity index (χ3n) is 2.38. The minimum atomic E-state index is -3.32. The molecule has 1 aromatic carbocycles. The number of hydrogen-bond acceptors (Lipinski definition) is 4. The summed E-state index contributed by atoms with van der Waals surface area (Å²) in [5.41, 5.74) is 0.874. The molecule has 0 aliphatic rings. The van der Waals surface area contributed by atoms with E-state index in [2.05, 4.69) is 4.72 Å². The Hall–Kier alpha value is -1.28. The number of nitrogens with one attached hydrogen (secondary N) is 1. The lowest BCUT2D eigenvalue weighted by molar-refractivity contribution is 0.599. The highest BCUT2D eigenvalue weighted by Crippen LogP contribution is 2.19. The molecule has 6 nitrogen and oxygen atoms in total. The van der Waals surface area contributed by atoms with Crippen LogP contribution in [0.2, 0.25) is 0 Å². The smallest absolute Gasteiger partial charge is 0.232 e. The molecule has 0 amide bonds. The van der Waals surface area contributed by atoms with Crippen molar-refractivity contribution in [3.8, 4) is 0 Å². The monoisotopic (exact) mass is 292 g/mol. The van der Waals surface area contributed by atoms with E-state index < -0.39 is 20.0 Å². The van der Waals surface area contributed by atoms with Crippen molar-refractivity contribution in [2.24, 2.45) is 0 Å². The molecule has 0 saturated heterocycles. The molecule has 0 aromatic heterocycles. The second-order valence-electron chi connectivity index (χ2n) is 3.78. The molecule has 0 bridgehead atoms. The van der Waals surface area contributed by atoms with Gasteiger partial charge in [0.05, 0.1) is 17.7 Å². The van der Waals surface area contributed by atoms with E-state index in [-0.39, 0.29) is 5.75 Å². The third-order valence-corrected chi connectivity index (χ3v) is 4.89. The summed E-state index contributed by atoms with van der Waals surface area (Å²) in [6.45, 7) is 1.54. The molecular formula is C10H16N2O4S2. The van der Waals surface area contributed by atoms with Crippen molar-refractivity contribution in [2.45, 2.75) is 6.92 Å². The topological polar surface area (TPSA) is 83.6 Å². The van der Waals surface area contributed by atoms with Gasteiger partial charge in [-0.15, -0.1) is 0 Å². The van der Waals surface area contributed by atoms with Crippen LogP contribution >= 0.6 is 0 Å². The van der Waals surface area contributed by atoms with Crippen LogP contribution in [0, 0.1) is 0 Å². The normalized spacial score (nSPS) is 12.2. The summed E-state index contributed by atoms with van der Waals surface area (Å²) in [5.74, 6) is -0.0159. The fraction of sp³-hybridized carbons (Fsp3) is 0.400. The second-order valence-corrected chi connectivity index (χ2v) is 7.81. The van der Waals surface area contributed by atoms with Crippen molar-refractivity contribution < 1.29 is 16.8 Å². The zero-order valence-electron chi connectivity index (χ0n) is 10.4. The van der Waals surface area contributed by atoms with E-state index in [4.69, 9.17) is 0 Å². The van der Waals surface area contributed by atoms with E-state index in [9.17, 15) is 16.8 Å². The molecule has 0 aliphatic heterocycles. The van der Waals surface area contributed by atoms with Gasteiger partial charge in [0, 0.05) is 12.7 Å². The Morgan fingerprint density at radius 2 is 1.61 bits per heavy atom. The summed E-state index contributed by atoms with van der Waals surface area (Å²) in [7, 11) is -5.20. The lowest BCUT2D eigenvalue weighted by atomic mass is 10.3. The van der Waals surface area contributed by atoms with Gasteiger partial charge in [-0.1, -0.05) is 0 Å². The fourth-order valence-electron chi connectivity index (χ4n) is 1.18. The largest absolute Gasteiger partial charge is 0.284 e. The maximum atomic E-state index is 11.3. The predicted octanol–water partition coefficient (Wildman–Crippen LogP) is 0.844. The number of hydrogen-bond donors (Lipinski definition) is 1. The van der Waals surface area contributed by atoms with Crippen LogP contribution in [0.25, 0.3) is 0 Å². The zero-order valence-corrected chi connectivity index (χ0v) is 12.0. The first-order valence-electron chi connectivity index (χ1n) is 5.20. The maximum absolute atomic E-state index is 11.3. The van der Waals surface area contributed by atoms with E-state index in [0.29, 0.717) is 11.4 Å². The molecule has 102 valence electrons. The fourth-order valence-corrected chi connectivity index (χ4v) is 2.33. The molecule has 1 N–H and O–H groups in total. The highest BCUT2D eigenvalue weighted by Gasteiger charge is 2.12. The maximum Gasteiger partial charge on any atom is 0.232 e. The number of sulfonamides is 2. The van der Waals surface area contributed by atoms with E-state index >= 15 is 0 Å². The molecule has 0 saturated carbocycles. The first-order valence-corrected chi connectivity index (χ1v) is 8.70. The molecule has 0 spiro atoms. The Kier molecular flexibility index (Phi) is 4.23. The Labute approximate surface area is 108 Å². The van der Waals surface area contributed by atoms with Crippen molar-refractivity contribution in [3.05, 3.63) is 24.3 Å². The molecule has 18 heavy (non-hydrogen) atoms. The van der Waals surface area contributed by atoms with Crippen LogP contribution < -0.4 is 9.03 Å². The highest BCUT2D eigenvalue weighted by atomic mass is 32.2. The Bertz CT molecular complexity index is 606. The standard InChI is InChI=1S/C10H16N2O4S2/c1-4-18(15,16)11-9-5-7-10(8-6-9)12(2)17(3,13)14/h5-8,11H,4H2,1-3H3. The number of rotatable bonds is 5. The average Bonchev–Trinajstić information content (AvgIpc) is 2.27. The van der Waals surface area contributed by atoms with E-state index in [1.165, 1.54) is 38.2 Å². The van der Waals surface area contributed by atoms with E-state index in [0.717, 1.165) is 10.6 Å². The molecule has 0 radical (unpaired) electrons. The molecule has 1 rings (SSSR count). The third kappa shape index (κ3) is 3.88. The van der Waals surface area contributed by atoms with Crippen LogP contribution in [0.4, 0.5) is 11.4 Å². The SMILES string of the molecule is CCS(=O)(=O)Nc1ccc(N(C)S(C)(=O)=O)cc1. The van der Waals surface area contributed by atoms with Gasteiger partial charge in [0.25, 0.3) is 0 Å². The number of benzene rings is 1. The van der Waals surface area contributed by atoms with Gasteiger partial charge < -0.3 is 0 Å². The zero-order chi connectivity index (χ0) is 14.0. The van der Waals surface area contributed by atoms with Crippen molar-refractivity contribution in [3.63, 3.8) is 0 Å². The summed E-state index contributed by atoms with van der Waals surface area (Å²) in [6.07, 6.45) is 1.10. The van der Waals surface area contributed by atoms with Crippen LogP contribution in [0.1, 0.15) is 6.92 Å². The van der Waals surface area contributed by atoms with Crippen LogP contribution in [0.5, 0.6) is 0 Å². The van der Waals surface area contributed by atoms with Crippen molar-refractivity contribution in [1.82, 2.24) is 0 Å². The van der Waals surface area contributed by atoms with Crippen LogP contribution in [-0.2, 0) is 20.0 Å². The molecular weight excluding hydrogens is 276 g/mol. The van der Waals surface area contributed by atoms with Crippen molar-refractivity contribution in [1.29, 1.82) is 0 Å². The van der Waals surface area contributed by atoms with Gasteiger partial charge in [-0.05, 0) is 31.2 Å². The highest BCUT2D eigenvalue weighted by molar-refractivity contribution is 7.92. The van der Waals surface area contributed by atoms with Crippen molar-refractivity contribution in [2.75, 3.05) is 28.1 Å². The minimum Gasteiger partial charge on any atom is -0.284 e. The van der Waals surface area contributed by atoms with Gasteiger partial charge >= 0.3 is 0 Å². The summed E-state index contributed by atoms with van der Waals surface area (Å²) in [5, 5.41) is 0. The van der Waals surface area contributed by atoms with E-state index in [1.807, 2.05) is 0 Å². The van der Waals surface area contributed by atoms with Crippen molar-refractivity contribution >= 4 is 31.4 Å². The van der Waals surface area contributed by atoms with Crippen LogP contribution in [0.3, 0.4) is 0 Å². The quantitative estimate of drug-likeness (QED) is 0.872. The molecule has 0 atom stereocenters. The van der Waals surface area contributed by atoms with E-state index in [1.54, 1.807) is 0 Å². The average molecular weight is 292 g/mol. The van der Waals surface area contributed by atoms with Gasteiger partial charge in [0.15, 0.2) is 0 Å². The Balaban J connectivity index is 2.94. The van der Waals surface area contributed by atoms with Gasteiger partial charge in [-0.3, -0.25) is 9.03 Å². The Morgan fingerprint density at radius 3 is 2.00 bits per heavy atom. The molecule has 8 heteroatoms. The summed E-state index contributed by atoms with van der Waals surface area (Å²) >= 11 is 0. The molecule has 0 heterocycles. The molecule has 0 fully saturated rings. The first-order chi connectivity index (χ1) is 8.15. The number of nitrogens with zero attached hydrogens (tertiary/aromatic N) is 1. The summed E-state index contributed by atoms with van der Waals surface area (Å²) in [4.78, 5) is 0. The predicted molar refractivity (Wildman–Crippen MR) is 72.8 cm³/mol. The second kappa shape index (κ2) is 5.15.